The smallest absolute Gasteiger partial charge is 0.319 e. The first-order valence-corrected chi connectivity index (χ1v) is 8.55. The zero-order chi connectivity index (χ0) is 16.7. The number of fused-ring (bicyclic) bond motifs is 3. The van der Waals surface area contributed by atoms with E-state index >= 15 is 0 Å². The largest absolute Gasteiger partial charge is 0.331 e. The molecule has 0 radical (unpaired) electrons. The van der Waals surface area contributed by atoms with Crippen LogP contribution in [0.2, 0.25) is 0 Å². The van der Waals surface area contributed by atoms with Gasteiger partial charge < -0.3 is 9.80 Å². The number of urea groups is 1. The van der Waals surface area contributed by atoms with Gasteiger partial charge in [0.25, 0.3) is 0 Å². The van der Waals surface area contributed by atoms with E-state index in [0.29, 0.717) is 6.04 Å². The summed E-state index contributed by atoms with van der Waals surface area (Å²) >= 11 is 0. The Hall–Kier alpha value is -2.33. The lowest BCUT2D eigenvalue weighted by atomic mass is 10.0. The molecule has 1 heterocycles. The highest BCUT2D eigenvalue weighted by Crippen LogP contribution is 2.46. The molecule has 24 heavy (non-hydrogen) atoms. The second kappa shape index (κ2) is 5.95. The molecule has 0 spiro atoms. The van der Waals surface area contributed by atoms with Crippen LogP contribution >= 0.6 is 0 Å². The molecule has 2 aromatic rings. The number of amides is 2. The zero-order valence-electron chi connectivity index (χ0n) is 14.3. The lowest BCUT2D eigenvalue weighted by Crippen LogP contribution is -2.52. The van der Waals surface area contributed by atoms with Gasteiger partial charge in [-0.15, -0.1) is 0 Å². The highest BCUT2D eigenvalue weighted by atomic mass is 16.2. The predicted octanol–water partition coefficient (Wildman–Crippen LogP) is 3.06. The van der Waals surface area contributed by atoms with Crippen LogP contribution in [0.15, 0.2) is 48.5 Å². The van der Waals surface area contributed by atoms with Crippen LogP contribution in [0.25, 0.3) is 11.1 Å². The molecule has 1 saturated heterocycles. The number of carbonyl (C=O) groups excluding carboxylic acids is 1. The van der Waals surface area contributed by atoms with E-state index in [9.17, 15) is 4.79 Å². The molecule has 0 aromatic heterocycles. The van der Waals surface area contributed by atoms with Gasteiger partial charge in [0.05, 0.1) is 6.04 Å². The van der Waals surface area contributed by atoms with Crippen molar-refractivity contribution in [3.05, 3.63) is 59.7 Å². The normalized spacial score (nSPS) is 17.5. The highest BCUT2D eigenvalue weighted by molar-refractivity contribution is 5.78. The summed E-state index contributed by atoms with van der Waals surface area (Å²) in [5.41, 5.74) is 5.49. The summed E-state index contributed by atoms with van der Waals surface area (Å²) in [5, 5.41) is 0. The Kier molecular flexibility index (Phi) is 3.77. The molecule has 124 valence electrons. The Morgan fingerprint density at radius 1 is 0.875 bits per heavy atom. The molecular formula is C20H23N3O. The lowest BCUT2D eigenvalue weighted by molar-refractivity contribution is 0.109. The number of benzene rings is 2. The first-order valence-electron chi connectivity index (χ1n) is 8.55. The fourth-order valence-electron chi connectivity index (χ4n) is 3.98. The Morgan fingerprint density at radius 3 is 1.88 bits per heavy atom. The van der Waals surface area contributed by atoms with Crippen LogP contribution in [0.3, 0.4) is 0 Å². The summed E-state index contributed by atoms with van der Waals surface area (Å²) in [4.78, 5) is 18.3. The maximum Gasteiger partial charge on any atom is 0.319 e. The third-order valence-electron chi connectivity index (χ3n) is 5.13. The Morgan fingerprint density at radius 2 is 1.38 bits per heavy atom. The first kappa shape index (κ1) is 15.2. The average Bonchev–Trinajstić information content (AvgIpc) is 2.96. The zero-order valence-corrected chi connectivity index (χ0v) is 14.3. The lowest BCUT2D eigenvalue weighted by Gasteiger charge is -2.39. The number of piperazine rings is 1. The molecule has 0 unspecified atom stereocenters. The Labute approximate surface area is 143 Å². The van der Waals surface area contributed by atoms with Crippen molar-refractivity contribution in [2.24, 2.45) is 0 Å². The second-order valence-corrected chi connectivity index (χ2v) is 6.78. The molecule has 2 amide bonds. The number of carbonyl (C=O) groups is 1. The number of hydrogen-bond acceptors (Lipinski definition) is 2. The van der Waals surface area contributed by atoms with Crippen LogP contribution in [0.5, 0.6) is 0 Å². The molecule has 0 saturated carbocycles. The summed E-state index contributed by atoms with van der Waals surface area (Å²) < 4.78 is 0. The van der Waals surface area contributed by atoms with Crippen molar-refractivity contribution >= 4 is 6.03 Å². The Balaban J connectivity index is 1.61. The van der Waals surface area contributed by atoms with Gasteiger partial charge in [0.1, 0.15) is 0 Å². The molecule has 4 heteroatoms. The van der Waals surface area contributed by atoms with Gasteiger partial charge in [0.2, 0.25) is 0 Å². The van der Waals surface area contributed by atoms with E-state index in [2.05, 4.69) is 53.4 Å². The van der Waals surface area contributed by atoms with E-state index < -0.39 is 0 Å². The Bertz CT molecular complexity index is 717. The minimum Gasteiger partial charge on any atom is -0.331 e. The molecule has 0 bridgehead atoms. The van der Waals surface area contributed by atoms with Crippen LogP contribution in [-0.2, 0) is 0 Å². The summed E-state index contributed by atoms with van der Waals surface area (Å²) in [7, 11) is 3.64. The van der Waals surface area contributed by atoms with Gasteiger partial charge in [0.15, 0.2) is 0 Å². The third kappa shape index (κ3) is 2.38. The van der Waals surface area contributed by atoms with Crippen molar-refractivity contribution in [3.8, 4) is 11.1 Å². The van der Waals surface area contributed by atoms with E-state index in [1.807, 2.05) is 19.0 Å². The molecule has 0 atom stereocenters. The minimum atomic E-state index is 0.113. The van der Waals surface area contributed by atoms with Gasteiger partial charge in [-0.25, -0.2) is 4.79 Å². The molecular weight excluding hydrogens is 298 g/mol. The molecule has 1 aliphatic carbocycles. The van der Waals surface area contributed by atoms with Gasteiger partial charge in [-0.3, -0.25) is 4.90 Å². The van der Waals surface area contributed by atoms with Crippen molar-refractivity contribution in [1.82, 2.24) is 14.7 Å². The van der Waals surface area contributed by atoms with Crippen molar-refractivity contribution in [1.29, 1.82) is 0 Å². The SMILES string of the molecule is CN(C)C(=O)N1CCN(C2c3ccccc3-c3ccccc32)CC1. The number of hydrogen-bond donors (Lipinski definition) is 0. The van der Waals surface area contributed by atoms with Gasteiger partial charge in [-0.2, -0.15) is 0 Å². The predicted molar refractivity (Wildman–Crippen MR) is 96.0 cm³/mol. The van der Waals surface area contributed by atoms with Crippen molar-refractivity contribution in [2.45, 2.75) is 6.04 Å². The minimum absolute atomic E-state index is 0.113. The van der Waals surface area contributed by atoms with Crippen LogP contribution in [0.1, 0.15) is 17.2 Å². The standard InChI is InChI=1S/C20H23N3O/c1-21(2)20(24)23-13-11-22(12-14-23)19-17-9-5-3-7-15(17)16-8-4-6-10-18(16)19/h3-10,19H,11-14H2,1-2H3. The van der Waals surface area contributed by atoms with E-state index in [1.54, 1.807) is 4.90 Å². The van der Waals surface area contributed by atoms with Gasteiger partial charge >= 0.3 is 6.03 Å². The maximum atomic E-state index is 12.2. The quantitative estimate of drug-likeness (QED) is 0.807. The highest BCUT2D eigenvalue weighted by Gasteiger charge is 2.34. The summed E-state index contributed by atoms with van der Waals surface area (Å²) in [6.07, 6.45) is 0. The molecule has 1 aliphatic heterocycles. The average molecular weight is 321 g/mol. The molecule has 4 rings (SSSR count). The van der Waals surface area contributed by atoms with Crippen LogP contribution < -0.4 is 0 Å². The number of rotatable bonds is 1. The first-order chi connectivity index (χ1) is 11.7. The van der Waals surface area contributed by atoms with E-state index in [1.165, 1.54) is 22.3 Å². The molecule has 0 N–H and O–H groups in total. The topological polar surface area (TPSA) is 26.8 Å². The fraction of sp³-hybridized carbons (Fsp3) is 0.350. The van der Waals surface area contributed by atoms with E-state index in [-0.39, 0.29) is 6.03 Å². The van der Waals surface area contributed by atoms with Crippen molar-refractivity contribution in [3.63, 3.8) is 0 Å². The summed E-state index contributed by atoms with van der Waals surface area (Å²) in [6, 6.07) is 17.9. The van der Waals surface area contributed by atoms with Crippen LogP contribution in [0.4, 0.5) is 4.79 Å². The summed E-state index contributed by atoms with van der Waals surface area (Å²) in [6.45, 7) is 3.40. The molecule has 2 aliphatic rings. The number of nitrogens with zero attached hydrogens (tertiary/aromatic N) is 3. The monoisotopic (exact) mass is 321 g/mol. The molecule has 2 aromatic carbocycles. The van der Waals surface area contributed by atoms with Gasteiger partial charge in [0, 0.05) is 40.3 Å². The van der Waals surface area contributed by atoms with E-state index in [0.717, 1.165) is 26.2 Å². The third-order valence-corrected chi connectivity index (χ3v) is 5.13. The van der Waals surface area contributed by atoms with E-state index in [4.69, 9.17) is 0 Å². The fourth-order valence-corrected chi connectivity index (χ4v) is 3.98. The molecule has 4 nitrogen and oxygen atoms in total. The maximum absolute atomic E-state index is 12.2. The summed E-state index contributed by atoms with van der Waals surface area (Å²) in [5.74, 6) is 0. The molecule has 1 fully saturated rings. The van der Waals surface area contributed by atoms with Crippen LogP contribution in [0, 0.1) is 0 Å². The van der Waals surface area contributed by atoms with Gasteiger partial charge in [-0.1, -0.05) is 48.5 Å². The van der Waals surface area contributed by atoms with Crippen LogP contribution in [-0.4, -0.2) is 61.0 Å². The van der Waals surface area contributed by atoms with Crippen molar-refractivity contribution in [2.75, 3.05) is 40.3 Å². The van der Waals surface area contributed by atoms with Crippen molar-refractivity contribution < 1.29 is 4.79 Å². The van der Waals surface area contributed by atoms with Gasteiger partial charge in [-0.05, 0) is 22.3 Å². The second-order valence-electron chi connectivity index (χ2n) is 6.78.